The van der Waals surface area contributed by atoms with Crippen molar-refractivity contribution in [3.8, 4) is 0 Å². The summed E-state index contributed by atoms with van der Waals surface area (Å²) in [5.74, 6) is -0.0452. The minimum Gasteiger partial charge on any atom is -0.376 e. The van der Waals surface area contributed by atoms with Crippen LogP contribution in [0.25, 0.3) is 0 Å². The number of ketones is 1. The molecule has 4 heteroatoms. The van der Waals surface area contributed by atoms with E-state index >= 15 is 0 Å². The van der Waals surface area contributed by atoms with Crippen molar-refractivity contribution in [1.82, 2.24) is 0 Å². The first-order chi connectivity index (χ1) is 8.50. The van der Waals surface area contributed by atoms with Gasteiger partial charge in [-0.25, -0.2) is 0 Å². The summed E-state index contributed by atoms with van der Waals surface area (Å²) >= 11 is 5.77. The van der Waals surface area contributed by atoms with Crippen LogP contribution in [0.5, 0.6) is 0 Å². The normalized spacial score (nSPS) is 12.7. The van der Waals surface area contributed by atoms with Crippen LogP contribution in [0.4, 0.5) is 0 Å². The molecule has 0 saturated carbocycles. The fraction of sp³-hybridized carbons (Fsp3) is 0.500. The zero-order valence-electron chi connectivity index (χ0n) is 11.0. The van der Waals surface area contributed by atoms with Crippen molar-refractivity contribution in [3.63, 3.8) is 0 Å². The molecule has 0 aromatic heterocycles. The predicted octanol–water partition coefficient (Wildman–Crippen LogP) is 3.35. The van der Waals surface area contributed by atoms with Crippen LogP contribution in [-0.4, -0.2) is 31.2 Å². The second-order valence-electron chi connectivity index (χ2n) is 4.30. The third-order valence-corrected chi connectivity index (χ3v) is 2.65. The highest BCUT2D eigenvalue weighted by molar-refractivity contribution is 6.30. The van der Waals surface area contributed by atoms with Gasteiger partial charge in [-0.2, -0.15) is 0 Å². The third kappa shape index (κ3) is 5.17. The summed E-state index contributed by atoms with van der Waals surface area (Å²) in [6, 6.07) is 6.80. The molecule has 0 saturated heterocycles. The van der Waals surface area contributed by atoms with E-state index in [9.17, 15) is 4.79 Å². The van der Waals surface area contributed by atoms with E-state index < -0.39 is 6.10 Å². The van der Waals surface area contributed by atoms with Gasteiger partial charge in [0.25, 0.3) is 0 Å². The molecule has 0 spiro atoms. The Bertz CT molecular complexity index is 373. The van der Waals surface area contributed by atoms with Crippen molar-refractivity contribution >= 4 is 17.4 Å². The topological polar surface area (TPSA) is 35.5 Å². The number of hydrogen-bond acceptors (Lipinski definition) is 3. The molecule has 18 heavy (non-hydrogen) atoms. The van der Waals surface area contributed by atoms with Crippen LogP contribution >= 0.6 is 11.6 Å². The SMILES string of the molecule is CC(C)OCCOC(C)C(=O)c1ccc(Cl)cc1. The van der Waals surface area contributed by atoms with Crippen LogP contribution in [0.3, 0.4) is 0 Å². The van der Waals surface area contributed by atoms with Gasteiger partial charge in [0.15, 0.2) is 5.78 Å². The number of Topliss-reactive ketones (excluding diaryl/α,β-unsaturated/α-hetero) is 1. The summed E-state index contributed by atoms with van der Waals surface area (Å²) < 4.78 is 10.8. The van der Waals surface area contributed by atoms with Gasteiger partial charge in [0, 0.05) is 10.6 Å². The quantitative estimate of drug-likeness (QED) is 0.563. The molecule has 1 atom stereocenters. The van der Waals surface area contributed by atoms with Crippen molar-refractivity contribution in [1.29, 1.82) is 0 Å². The lowest BCUT2D eigenvalue weighted by Gasteiger charge is -2.13. The van der Waals surface area contributed by atoms with Gasteiger partial charge in [0.2, 0.25) is 0 Å². The summed E-state index contributed by atoms with van der Waals surface area (Å²) in [5.41, 5.74) is 0.608. The van der Waals surface area contributed by atoms with Gasteiger partial charge in [-0.15, -0.1) is 0 Å². The molecule has 0 aliphatic heterocycles. The van der Waals surface area contributed by atoms with Crippen LogP contribution in [-0.2, 0) is 9.47 Å². The Labute approximate surface area is 113 Å². The lowest BCUT2D eigenvalue weighted by atomic mass is 10.1. The van der Waals surface area contributed by atoms with Crippen LogP contribution in [0.2, 0.25) is 5.02 Å². The Morgan fingerprint density at radius 2 is 1.67 bits per heavy atom. The molecule has 3 nitrogen and oxygen atoms in total. The van der Waals surface area contributed by atoms with Crippen LogP contribution in [0.1, 0.15) is 31.1 Å². The predicted molar refractivity (Wildman–Crippen MR) is 72.3 cm³/mol. The minimum absolute atomic E-state index is 0.0452. The smallest absolute Gasteiger partial charge is 0.191 e. The number of hydrogen-bond donors (Lipinski definition) is 0. The first-order valence-corrected chi connectivity index (χ1v) is 6.41. The molecule has 1 aromatic rings. The van der Waals surface area contributed by atoms with Gasteiger partial charge in [-0.3, -0.25) is 4.79 Å². The van der Waals surface area contributed by atoms with Gasteiger partial charge in [0.05, 0.1) is 19.3 Å². The molecule has 100 valence electrons. The lowest BCUT2D eigenvalue weighted by molar-refractivity contribution is -0.00176. The molecular weight excluding hydrogens is 252 g/mol. The Morgan fingerprint density at radius 3 is 2.22 bits per heavy atom. The number of benzene rings is 1. The van der Waals surface area contributed by atoms with Crippen molar-refractivity contribution in [2.45, 2.75) is 33.0 Å². The van der Waals surface area contributed by atoms with Crippen LogP contribution in [0, 0.1) is 0 Å². The maximum Gasteiger partial charge on any atom is 0.191 e. The van der Waals surface area contributed by atoms with E-state index in [2.05, 4.69) is 0 Å². The highest BCUT2D eigenvalue weighted by atomic mass is 35.5. The Balaban J connectivity index is 2.39. The summed E-state index contributed by atoms with van der Waals surface area (Å²) in [7, 11) is 0. The standard InChI is InChI=1S/C14H19ClO3/c1-10(2)17-8-9-18-11(3)14(16)12-4-6-13(15)7-5-12/h4-7,10-11H,8-9H2,1-3H3. The molecule has 1 rings (SSSR count). The first-order valence-electron chi connectivity index (χ1n) is 6.03. The zero-order chi connectivity index (χ0) is 13.5. The molecule has 0 aliphatic carbocycles. The molecule has 0 radical (unpaired) electrons. The highest BCUT2D eigenvalue weighted by Gasteiger charge is 2.15. The number of ether oxygens (including phenoxy) is 2. The maximum atomic E-state index is 12.0. The zero-order valence-corrected chi connectivity index (χ0v) is 11.7. The largest absolute Gasteiger partial charge is 0.376 e. The summed E-state index contributed by atoms with van der Waals surface area (Å²) in [6.45, 7) is 6.57. The molecule has 1 aromatic carbocycles. The molecule has 0 amide bonds. The number of carbonyl (C=O) groups excluding carboxylic acids is 1. The maximum absolute atomic E-state index is 12.0. The molecule has 0 bridgehead atoms. The lowest BCUT2D eigenvalue weighted by Crippen LogP contribution is -2.23. The molecule has 0 fully saturated rings. The van der Waals surface area contributed by atoms with Crippen LogP contribution in [0.15, 0.2) is 24.3 Å². The van der Waals surface area contributed by atoms with Crippen LogP contribution < -0.4 is 0 Å². The van der Waals surface area contributed by atoms with Gasteiger partial charge >= 0.3 is 0 Å². The van der Waals surface area contributed by atoms with E-state index in [1.165, 1.54) is 0 Å². The van der Waals surface area contributed by atoms with E-state index in [1.807, 2.05) is 13.8 Å². The van der Waals surface area contributed by atoms with E-state index in [0.717, 1.165) is 0 Å². The Hall–Kier alpha value is -0.900. The first kappa shape index (κ1) is 15.2. The monoisotopic (exact) mass is 270 g/mol. The van der Waals surface area contributed by atoms with Gasteiger partial charge in [-0.1, -0.05) is 11.6 Å². The van der Waals surface area contributed by atoms with Crippen molar-refractivity contribution in [2.24, 2.45) is 0 Å². The number of carbonyl (C=O) groups is 1. The number of halogens is 1. The molecule has 1 unspecified atom stereocenters. The summed E-state index contributed by atoms with van der Waals surface area (Å²) in [6.07, 6.45) is -0.294. The van der Waals surface area contributed by atoms with Crippen molar-refractivity contribution < 1.29 is 14.3 Å². The third-order valence-electron chi connectivity index (χ3n) is 2.40. The Kier molecular flexibility index (Phi) is 6.33. The number of rotatable bonds is 7. The highest BCUT2D eigenvalue weighted by Crippen LogP contribution is 2.12. The molecule has 0 heterocycles. The van der Waals surface area contributed by atoms with Gasteiger partial charge in [0.1, 0.15) is 6.10 Å². The summed E-state index contributed by atoms with van der Waals surface area (Å²) in [5, 5.41) is 0.616. The minimum atomic E-state index is -0.470. The van der Waals surface area contributed by atoms with E-state index in [-0.39, 0.29) is 11.9 Å². The Morgan fingerprint density at radius 1 is 1.11 bits per heavy atom. The van der Waals surface area contributed by atoms with Crippen molar-refractivity contribution in [3.05, 3.63) is 34.9 Å². The second kappa shape index (κ2) is 7.52. The molecule has 0 N–H and O–H groups in total. The second-order valence-corrected chi connectivity index (χ2v) is 4.74. The van der Waals surface area contributed by atoms with E-state index in [0.29, 0.717) is 23.8 Å². The van der Waals surface area contributed by atoms with E-state index in [1.54, 1.807) is 31.2 Å². The molecular formula is C14H19ClO3. The average Bonchev–Trinajstić information content (AvgIpc) is 2.34. The van der Waals surface area contributed by atoms with Gasteiger partial charge in [-0.05, 0) is 45.0 Å². The fourth-order valence-electron chi connectivity index (χ4n) is 1.43. The van der Waals surface area contributed by atoms with E-state index in [4.69, 9.17) is 21.1 Å². The fourth-order valence-corrected chi connectivity index (χ4v) is 1.56. The summed E-state index contributed by atoms with van der Waals surface area (Å²) in [4.78, 5) is 12.0. The molecule has 0 aliphatic rings. The van der Waals surface area contributed by atoms with Gasteiger partial charge < -0.3 is 9.47 Å². The van der Waals surface area contributed by atoms with Crippen molar-refractivity contribution in [2.75, 3.05) is 13.2 Å². The average molecular weight is 271 g/mol.